The van der Waals surface area contributed by atoms with Crippen LogP contribution in [-0.4, -0.2) is 4.92 Å². The Morgan fingerprint density at radius 2 is 1.86 bits per heavy atom. The molecule has 0 aromatic rings. The minimum absolute atomic E-state index is 0. The zero-order chi connectivity index (χ0) is 4.28. The molecule has 0 bridgehead atoms. The summed E-state index contributed by atoms with van der Waals surface area (Å²) in [5, 5.41) is 9.06. The zero-order valence-electron chi connectivity index (χ0n) is 6.55. The van der Waals surface area contributed by atoms with Gasteiger partial charge in [0.2, 0.25) is 6.20 Å². The minimum atomic E-state index is -0.611. The number of rotatable bonds is 1. The van der Waals surface area contributed by atoms with Gasteiger partial charge in [0.1, 0.15) is 0 Å². The predicted molar refractivity (Wildman–Crippen MR) is 19.4 cm³/mol. The number of hydrogen-bond acceptors (Lipinski definition) is 2. The quantitative estimate of drug-likeness (QED) is 0.214. The fourth-order valence-corrected chi connectivity index (χ4v) is 0. The summed E-state index contributed by atoms with van der Waals surface area (Å²) in [6, 6.07) is 0. The topological polar surface area (TPSA) is 43.1 Å². The van der Waals surface area contributed by atoms with Crippen LogP contribution >= 0.6 is 0 Å². The average molecular weight is 153 g/mol. The maximum absolute atomic E-state index is 9.06. The summed E-state index contributed by atoms with van der Waals surface area (Å²) in [6.07, 6.45) is 0.639. The minimum Gasteiger partial charge on any atom is -1.00 e. The molecular formula is C2H5K2NO2. The second kappa shape index (κ2) is 11.2. The van der Waals surface area contributed by atoms with E-state index in [1.54, 1.807) is 0 Å². The largest absolute Gasteiger partial charge is 1.00 e. The molecule has 0 saturated heterocycles. The van der Waals surface area contributed by atoms with E-state index in [0.717, 1.165) is 0 Å². The third-order valence-electron chi connectivity index (χ3n) is 0.149. The molecule has 3 nitrogen and oxygen atoms in total. The molecule has 0 heterocycles. The van der Waals surface area contributed by atoms with Gasteiger partial charge in [-0.2, -0.15) is 0 Å². The number of hydrogen-bond donors (Lipinski definition) is 0. The van der Waals surface area contributed by atoms with Gasteiger partial charge in [-0.25, -0.2) is 0 Å². The molecule has 0 radical (unpaired) electrons. The van der Waals surface area contributed by atoms with Crippen molar-refractivity contribution in [3.63, 3.8) is 0 Å². The Kier molecular flexibility index (Phi) is 26.0. The van der Waals surface area contributed by atoms with Crippen molar-refractivity contribution in [2.45, 2.75) is 0 Å². The first kappa shape index (κ1) is 16.2. The molecule has 0 aliphatic heterocycles. The molecule has 0 aromatic heterocycles. The van der Waals surface area contributed by atoms with Gasteiger partial charge in [-0.3, -0.25) is 10.1 Å². The van der Waals surface area contributed by atoms with Crippen molar-refractivity contribution in [1.29, 1.82) is 0 Å². The first-order valence-electron chi connectivity index (χ1n) is 1.03. The molecule has 0 aliphatic rings. The van der Waals surface area contributed by atoms with Crippen LogP contribution in [0.2, 0.25) is 0 Å². The molecule has 0 aromatic carbocycles. The van der Waals surface area contributed by atoms with Crippen molar-refractivity contribution in [1.82, 2.24) is 0 Å². The molecule has 0 amide bonds. The summed E-state index contributed by atoms with van der Waals surface area (Å²) in [5.41, 5.74) is 0. The molecule has 5 heteroatoms. The Morgan fingerprint density at radius 1 is 1.71 bits per heavy atom. The van der Waals surface area contributed by atoms with Crippen LogP contribution in [0.3, 0.4) is 0 Å². The van der Waals surface area contributed by atoms with E-state index in [9.17, 15) is 0 Å². The van der Waals surface area contributed by atoms with Crippen LogP contribution in [0.5, 0.6) is 0 Å². The summed E-state index contributed by atoms with van der Waals surface area (Å²) in [6.45, 7) is 2.86. The van der Waals surface area contributed by atoms with E-state index in [1.165, 1.54) is 0 Å². The molecular weight excluding hydrogens is 148 g/mol. The van der Waals surface area contributed by atoms with Crippen molar-refractivity contribution in [2.75, 3.05) is 0 Å². The summed E-state index contributed by atoms with van der Waals surface area (Å²) in [4.78, 5) is 8.44. The van der Waals surface area contributed by atoms with Crippen molar-refractivity contribution in [2.24, 2.45) is 0 Å². The summed E-state index contributed by atoms with van der Waals surface area (Å²) in [7, 11) is 0. The van der Waals surface area contributed by atoms with Crippen LogP contribution < -0.4 is 103 Å². The third kappa shape index (κ3) is 17.8. The van der Waals surface area contributed by atoms with E-state index < -0.39 is 4.92 Å². The van der Waals surface area contributed by atoms with E-state index >= 15 is 0 Å². The zero-order valence-corrected chi connectivity index (χ0v) is 10.8. The Labute approximate surface area is 130 Å². The van der Waals surface area contributed by atoms with Crippen molar-refractivity contribution in [3.8, 4) is 0 Å². The number of nitrogens with zero attached hydrogens (tertiary/aromatic N) is 1. The molecule has 0 atom stereocenters. The van der Waals surface area contributed by atoms with Crippen LogP contribution in [0.15, 0.2) is 12.8 Å². The van der Waals surface area contributed by atoms with Gasteiger partial charge in [0, 0.05) is 0 Å². The standard InChI is InChI=1S/C2H3NO2.2K.2H/c1-2-3(4)5;;;;/h2H,1H2;;;;/q;2*+1;2*-1. The molecule has 7 heavy (non-hydrogen) atoms. The van der Waals surface area contributed by atoms with Gasteiger partial charge >= 0.3 is 103 Å². The van der Waals surface area contributed by atoms with Crippen LogP contribution in [0.4, 0.5) is 0 Å². The maximum atomic E-state index is 9.06. The summed E-state index contributed by atoms with van der Waals surface area (Å²) < 4.78 is 0. The van der Waals surface area contributed by atoms with Crippen molar-refractivity contribution >= 4 is 0 Å². The van der Waals surface area contributed by atoms with E-state index in [1.807, 2.05) is 0 Å². The van der Waals surface area contributed by atoms with Crippen LogP contribution in [0.25, 0.3) is 0 Å². The summed E-state index contributed by atoms with van der Waals surface area (Å²) >= 11 is 0. The van der Waals surface area contributed by atoms with Gasteiger partial charge in [0.25, 0.3) is 0 Å². The van der Waals surface area contributed by atoms with E-state index in [2.05, 4.69) is 6.58 Å². The Bertz CT molecular complexity index is 71.6. The average Bonchev–Trinajstić information content (AvgIpc) is 1.38. The van der Waals surface area contributed by atoms with Crippen molar-refractivity contribution in [3.05, 3.63) is 22.9 Å². The first-order chi connectivity index (χ1) is 2.27. The van der Waals surface area contributed by atoms with Gasteiger partial charge < -0.3 is 2.85 Å². The second-order valence-corrected chi connectivity index (χ2v) is 0.468. The van der Waals surface area contributed by atoms with Gasteiger partial charge in [0.15, 0.2) is 0 Å². The van der Waals surface area contributed by atoms with Crippen LogP contribution in [-0.2, 0) is 0 Å². The maximum Gasteiger partial charge on any atom is 1.00 e. The third-order valence-corrected chi connectivity index (χ3v) is 0.149. The predicted octanol–water partition coefficient (Wildman–Crippen LogP) is -5.36. The Hall–Kier alpha value is 2.41. The fraction of sp³-hybridized carbons (Fsp3) is 0. The van der Waals surface area contributed by atoms with Crippen LogP contribution in [0.1, 0.15) is 2.85 Å². The molecule has 0 rings (SSSR count). The normalized spacial score (nSPS) is 4.57. The van der Waals surface area contributed by atoms with E-state index in [4.69, 9.17) is 10.1 Å². The smallest absolute Gasteiger partial charge is 1.00 e. The van der Waals surface area contributed by atoms with E-state index in [-0.39, 0.29) is 106 Å². The number of nitro groups is 1. The molecule has 0 aliphatic carbocycles. The Morgan fingerprint density at radius 3 is 1.86 bits per heavy atom. The molecule has 0 unspecified atom stereocenters. The van der Waals surface area contributed by atoms with Gasteiger partial charge in [-0.05, 0) is 6.58 Å². The molecule has 0 saturated carbocycles. The molecule has 32 valence electrons. The fourth-order valence-electron chi connectivity index (χ4n) is 0. The van der Waals surface area contributed by atoms with Gasteiger partial charge in [-0.1, -0.05) is 0 Å². The SMILES string of the molecule is C=C[N+](=O)[O-].[H-].[H-].[K+].[K+]. The monoisotopic (exact) mass is 153 g/mol. The van der Waals surface area contributed by atoms with E-state index in [0.29, 0.717) is 6.20 Å². The van der Waals surface area contributed by atoms with Gasteiger partial charge in [-0.15, -0.1) is 0 Å². The molecule has 0 spiro atoms. The van der Waals surface area contributed by atoms with Crippen LogP contribution in [0, 0.1) is 10.1 Å². The second-order valence-electron chi connectivity index (χ2n) is 0.468. The molecule has 0 fully saturated rings. The van der Waals surface area contributed by atoms with Crippen molar-refractivity contribution < 1.29 is 111 Å². The molecule has 0 N–H and O–H groups in total. The Balaban J connectivity index is -0.0000000133. The van der Waals surface area contributed by atoms with Gasteiger partial charge in [0.05, 0.1) is 4.92 Å². The first-order valence-corrected chi connectivity index (χ1v) is 1.03. The summed E-state index contributed by atoms with van der Waals surface area (Å²) in [5.74, 6) is 0.